The molecule has 0 saturated heterocycles. The molecule has 0 radical (unpaired) electrons. The monoisotopic (exact) mass is 303 g/mol. The van der Waals surface area contributed by atoms with E-state index in [-0.39, 0.29) is 19.0 Å². The van der Waals surface area contributed by atoms with Gasteiger partial charge in [0.25, 0.3) is 0 Å². The smallest absolute Gasteiger partial charge is 0.367 e. The standard InChI is InChI=1S/C6H6ClN9O4/c7-3-4(15(17)18)10-13(5(3)16(19)20)1-2-14-6(8)9-11-12-14/h1-2H2,(H2,8,9,12). The molecule has 0 aliphatic carbocycles. The molecule has 0 amide bonds. The van der Waals surface area contributed by atoms with Crippen LogP contribution in [-0.2, 0) is 13.1 Å². The molecule has 0 saturated carbocycles. The SMILES string of the molecule is Nc1nnnn1CCn1nc([N+](=O)[O-])c(Cl)c1[N+](=O)[O-]. The molecule has 0 atom stereocenters. The van der Waals surface area contributed by atoms with E-state index < -0.39 is 26.5 Å². The molecule has 106 valence electrons. The van der Waals surface area contributed by atoms with Crippen molar-refractivity contribution in [2.45, 2.75) is 13.1 Å². The highest BCUT2D eigenvalue weighted by Crippen LogP contribution is 2.32. The van der Waals surface area contributed by atoms with Gasteiger partial charge < -0.3 is 26.0 Å². The second-order valence-corrected chi connectivity index (χ2v) is 3.84. The number of hydrogen-bond acceptors (Lipinski definition) is 9. The summed E-state index contributed by atoms with van der Waals surface area (Å²) in [5, 5.41) is 34.6. The number of hydrogen-bond donors (Lipinski definition) is 1. The largest absolute Gasteiger partial charge is 0.439 e. The van der Waals surface area contributed by atoms with Crippen LogP contribution in [0.3, 0.4) is 0 Å². The third kappa shape index (κ3) is 2.33. The number of nitrogen functional groups attached to an aromatic ring is 1. The van der Waals surface area contributed by atoms with E-state index in [1.54, 1.807) is 0 Å². The number of rotatable bonds is 5. The van der Waals surface area contributed by atoms with Crippen molar-refractivity contribution in [2.75, 3.05) is 5.73 Å². The lowest BCUT2D eigenvalue weighted by Gasteiger charge is -1.97. The van der Waals surface area contributed by atoms with Crippen molar-refractivity contribution in [3.8, 4) is 0 Å². The van der Waals surface area contributed by atoms with Crippen LogP contribution in [0.4, 0.5) is 17.6 Å². The van der Waals surface area contributed by atoms with Crippen LogP contribution in [0.2, 0.25) is 5.02 Å². The zero-order valence-corrected chi connectivity index (χ0v) is 10.3. The summed E-state index contributed by atoms with van der Waals surface area (Å²) in [5.74, 6) is -1.46. The van der Waals surface area contributed by atoms with Crippen LogP contribution in [-0.4, -0.2) is 39.8 Å². The molecule has 2 aromatic heterocycles. The van der Waals surface area contributed by atoms with Crippen LogP contribution in [0.5, 0.6) is 0 Å². The summed E-state index contributed by atoms with van der Waals surface area (Å²) in [6.45, 7) is -0.0754. The van der Waals surface area contributed by atoms with Gasteiger partial charge in [0.05, 0.1) is 6.54 Å². The number of tetrazole rings is 1. The Labute approximate surface area is 114 Å². The number of nitrogens with two attached hydrogens (primary N) is 1. The highest BCUT2D eigenvalue weighted by atomic mass is 35.5. The van der Waals surface area contributed by atoms with Gasteiger partial charge >= 0.3 is 11.6 Å². The summed E-state index contributed by atoms with van der Waals surface area (Å²) < 4.78 is 1.95. The Morgan fingerprint density at radius 1 is 1.20 bits per heavy atom. The van der Waals surface area contributed by atoms with E-state index in [1.165, 1.54) is 0 Å². The van der Waals surface area contributed by atoms with Crippen LogP contribution < -0.4 is 5.73 Å². The molecule has 0 bridgehead atoms. The van der Waals surface area contributed by atoms with Crippen molar-refractivity contribution in [2.24, 2.45) is 0 Å². The third-order valence-corrected chi connectivity index (χ3v) is 2.62. The number of halogens is 1. The highest BCUT2D eigenvalue weighted by molar-refractivity contribution is 6.34. The molecule has 0 aromatic carbocycles. The fourth-order valence-corrected chi connectivity index (χ4v) is 1.70. The topological polar surface area (TPSA) is 174 Å². The van der Waals surface area contributed by atoms with E-state index in [4.69, 9.17) is 17.3 Å². The van der Waals surface area contributed by atoms with Crippen LogP contribution in [0.1, 0.15) is 0 Å². The second kappa shape index (κ2) is 5.04. The van der Waals surface area contributed by atoms with Crippen LogP contribution in [0, 0.1) is 20.2 Å². The van der Waals surface area contributed by atoms with Gasteiger partial charge in [-0.15, -0.1) is 0 Å². The van der Waals surface area contributed by atoms with Gasteiger partial charge in [0.2, 0.25) is 11.0 Å². The van der Waals surface area contributed by atoms with E-state index in [1.807, 2.05) is 0 Å². The molecule has 13 nitrogen and oxygen atoms in total. The average molecular weight is 304 g/mol. The number of aromatic nitrogens is 6. The molecule has 20 heavy (non-hydrogen) atoms. The summed E-state index contributed by atoms with van der Waals surface area (Å²) in [6.07, 6.45) is 0. The van der Waals surface area contributed by atoms with E-state index in [0.29, 0.717) is 0 Å². The van der Waals surface area contributed by atoms with Crippen molar-refractivity contribution >= 4 is 29.2 Å². The van der Waals surface area contributed by atoms with E-state index in [0.717, 1.165) is 9.36 Å². The predicted molar refractivity (Wildman–Crippen MR) is 62.8 cm³/mol. The maximum absolute atomic E-state index is 10.9. The Kier molecular flexibility index (Phi) is 3.43. The molecule has 0 aliphatic rings. The quantitative estimate of drug-likeness (QED) is 0.570. The zero-order chi connectivity index (χ0) is 14.9. The molecular weight excluding hydrogens is 298 g/mol. The fourth-order valence-electron chi connectivity index (χ4n) is 1.43. The fraction of sp³-hybridized carbons (Fsp3) is 0.333. The summed E-state index contributed by atoms with van der Waals surface area (Å²) >= 11 is 5.57. The molecule has 0 unspecified atom stereocenters. The van der Waals surface area contributed by atoms with Gasteiger partial charge in [0.15, 0.2) is 11.6 Å². The summed E-state index contributed by atoms with van der Waals surface area (Å²) in [5.41, 5.74) is 5.41. The number of aryl methyl sites for hydroxylation is 2. The zero-order valence-electron chi connectivity index (χ0n) is 9.58. The van der Waals surface area contributed by atoms with Crippen LogP contribution >= 0.6 is 11.6 Å². The van der Waals surface area contributed by atoms with Gasteiger partial charge in [-0.2, -0.15) is 0 Å². The van der Waals surface area contributed by atoms with Crippen molar-refractivity contribution < 1.29 is 9.85 Å². The maximum atomic E-state index is 10.9. The number of nitro groups is 2. The van der Waals surface area contributed by atoms with Crippen molar-refractivity contribution in [3.63, 3.8) is 0 Å². The van der Waals surface area contributed by atoms with Crippen molar-refractivity contribution in [1.29, 1.82) is 0 Å². The van der Waals surface area contributed by atoms with Gasteiger partial charge in [0, 0.05) is 0 Å². The van der Waals surface area contributed by atoms with Gasteiger partial charge in [-0.3, -0.25) is 0 Å². The van der Waals surface area contributed by atoms with Gasteiger partial charge in [-0.25, -0.2) is 4.68 Å². The van der Waals surface area contributed by atoms with Crippen LogP contribution in [0.25, 0.3) is 0 Å². The first-order valence-electron chi connectivity index (χ1n) is 4.98. The second-order valence-electron chi connectivity index (χ2n) is 3.46. The van der Waals surface area contributed by atoms with Crippen LogP contribution in [0.15, 0.2) is 0 Å². The molecule has 0 fully saturated rings. The number of nitrogens with zero attached hydrogens (tertiary/aromatic N) is 8. The summed E-state index contributed by atoms with van der Waals surface area (Å²) in [7, 11) is 0. The first kappa shape index (κ1) is 13.6. The molecule has 0 spiro atoms. The van der Waals surface area contributed by atoms with E-state index >= 15 is 0 Å². The highest BCUT2D eigenvalue weighted by Gasteiger charge is 2.35. The molecule has 2 aromatic rings. The summed E-state index contributed by atoms with van der Waals surface area (Å²) in [4.78, 5) is 19.8. The maximum Gasteiger partial charge on any atom is 0.439 e. The Morgan fingerprint density at radius 2 is 1.85 bits per heavy atom. The molecule has 14 heteroatoms. The Balaban J connectivity index is 2.31. The van der Waals surface area contributed by atoms with E-state index in [9.17, 15) is 20.2 Å². The predicted octanol–water partition coefficient (Wildman–Crippen LogP) is -0.378. The third-order valence-electron chi connectivity index (χ3n) is 2.28. The summed E-state index contributed by atoms with van der Waals surface area (Å²) in [6, 6.07) is 0. The van der Waals surface area contributed by atoms with Gasteiger partial charge in [0.1, 0.15) is 0 Å². The Morgan fingerprint density at radius 3 is 2.35 bits per heavy atom. The Hall–Kier alpha value is -2.83. The first-order valence-corrected chi connectivity index (χ1v) is 5.36. The minimum absolute atomic E-state index is 0.000376. The van der Waals surface area contributed by atoms with E-state index in [2.05, 4.69) is 20.6 Å². The molecule has 2 rings (SSSR count). The van der Waals surface area contributed by atoms with Crippen molar-refractivity contribution in [3.05, 3.63) is 25.3 Å². The first-order chi connectivity index (χ1) is 9.41. The molecule has 0 aliphatic heterocycles. The van der Waals surface area contributed by atoms with Crippen molar-refractivity contribution in [1.82, 2.24) is 30.0 Å². The van der Waals surface area contributed by atoms with Gasteiger partial charge in [-0.05, 0) is 25.0 Å². The lowest BCUT2D eigenvalue weighted by atomic mass is 10.5. The molecule has 2 N–H and O–H groups in total. The Bertz CT molecular complexity index is 678. The average Bonchev–Trinajstić information content (AvgIpc) is 2.90. The van der Waals surface area contributed by atoms with Gasteiger partial charge in [-0.1, -0.05) is 16.7 Å². The lowest BCUT2D eigenvalue weighted by molar-refractivity contribution is -0.394. The lowest BCUT2D eigenvalue weighted by Crippen LogP contribution is -2.13. The molecular formula is C6H6ClN9O4. The normalized spacial score (nSPS) is 10.7. The minimum atomic E-state index is -0.906. The molecule has 2 heterocycles. The minimum Gasteiger partial charge on any atom is -0.367 e. The number of anilines is 1.